The number of rotatable bonds is 7. The van der Waals surface area contributed by atoms with E-state index in [4.69, 9.17) is 4.74 Å². The Kier molecular flexibility index (Phi) is 6.71. The van der Waals surface area contributed by atoms with Crippen molar-refractivity contribution in [1.29, 1.82) is 0 Å². The molecule has 0 aromatic carbocycles. The van der Waals surface area contributed by atoms with E-state index in [2.05, 4.69) is 13.2 Å². The minimum atomic E-state index is -0.699. The molecule has 0 aromatic rings. The zero-order chi connectivity index (χ0) is 11.8. The third-order valence-electron chi connectivity index (χ3n) is 2.26. The first-order chi connectivity index (χ1) is 7.02. The van der Waals surface area contributed by atoms with Gasteiger partial charge in [-0.25, -0.2) is 0 Å². The van der Waals surface area contributed by atoms with Crippen LogP contribution in [0.15, 0.2) is 25.3 Å². The van der Waals surface area contributed by atoms with Crippen molar-refractivity contribution in [2.45, 2.75) is 38.9 Å². The SMILES string of the molecule is C=CCCC(=O)O[C@@H](C)[C@H](O)[C@@H](C)C=C. The highest BCUT2D eigenvalue weighted by Crippen LogP contribution is 2.12. The van der Waals surface area contributed by atoms with Gasteiger partial charge in [-0.2, -0.15) is 0 Å². The van der Waals surface area contributed by atoms with Gasteiger partial charge in [-0.05, 0) is 13.3 Å². The summed E-state index contributed by atoms with van der Waals surface area (Å²) in [6, 6.07) is 0. The Hall–Kier alpha value is -1.09. The normalized spacial score (nSPS) is 16.2. The molecule has 0 spiro atoms. The second-order valence-electron chi connectivity index (χ2n) is 3.61. The lowest BCUT2D eigenvalue weighted by molar-refractivity contribution is -0.154. The van der Waals surface area contributed by atoms with Crippen molar-refractivity contribution in [1.82, 2.24) is 0 Å². The van der Waals surface area contributed by atoms with Gasteiger partial charge in [0.05, 0.1) is 6.10 Å². The lowest BCUT2D eigenvalue weighted by Crippen LogP contribution is -2.32. The largest absolute Gasteiger partial charge is 0.460 e. The Labute approximate surface area is 91.4 Å². The molecule has 15 heavy (non-hydrogen) atoms. The van der Waals surface area contributed by atoms with Crippen LogP contribution in [0.3, 0.4) is 0 Å². The fraction of sp³-hybridized carbons (Fsp3) is 0.583. The van der Waals surface area contributed by atoms with Gasteiger partial charge in [0.1, 0.15) is 6.10 Å². The number of hydrogen-bond acceptors (Lipinski definition) is 3. The molecule has 86 valence electrons. The summed E-state index contributed by atoms with van der Waals surface area (Å²) in [5.74, 6) is -0.398. The van der Waals surface area contributed by atoms with E-state index in [1.54, 1.807) is 19.1 Å². The van der Waals surface area contributed by atoms with Crippen LogP contribution in [0.4, 0.5) is 0 Å². The molecule has 0 unspecified atom stereocenters. The lowest BCUT2D eigenvalue weighted by Gasteiger charge is -2.22. The van der Waals surface area contributed by atoms with Crippen molar-refractivity contribution in [2.75, 3.05) is 0 Å². The Bertz CT molecular complexity index is 223. The Morgan fingerprint density at radius 1 is 1.47 bits per heavy atom. The van der Waals surface area contributed by atoms with Gasteiger partial charge in [0.25, 0.3) is 0 Å². The smallest absolute Gasteiger partial charge is 0.306 e. The molecule has 3 nitrogen and oxygen atoms in total. The van der Waals surface area contributed by atoms with Crippen LogP contribution in [0.2, 0.25) is 0 Å². The summed E-state index contributed by atoms with van der Waals surface area (Å²) < 4.78 is 5.05. The van der Waals surface area contributed by atoms with Crippen molar-refractivity contribution >= 4 is 5.97 Å². The summed E-state index contributed by atoms with van der Waals surface area (Å²) >= 11 is 0. The second-order valence-corrected chi connectivity index (χ2v) is 3.61. The Morgan fingerprint density at radius 2 is 2.07 bits per heavy atom. The summed E-state index contributed by atoms with van der Waals surface area (Å²) in [5, 5.41) is 9.69. The zero-order valence-electron chi connectivity index (χ0n) is 9.48. The van der Waals surface area contributed by atoms with Crippen LogP contribution in [0.1, 0.15) is 26.7 Å². The van der Waals surface area contributed by atoms with E-state index in [9.17, 15) is 9.90 Å². The van der Waals surface area contributed by atoms with E-state index in [0.717, 1.165) is 0 Å². The number of allylic oxidation sites excluding steroid dienone is 1. The molecule has 0 aliphatic rings. The number of aliphatic hydroxyl groups is 1. The van der Waals surface area contributed by atoms with Crippen LogP contribution in [-0.2, 0) is 9.53 Å². The van der Waals surface area contributed by atoms with Crippen LogP contribution in [-0.4, -0.2) is 23.3 Å². The van der Waals surface area contributed by atoms with E-state index < -0.39 is 12.2 Å². The van der Waals surface area contributed by atoms with E-state index in [1.165, 1.54) is 0 Å². The summed E-state index contributed by atoms with van der Waals surface area (Å²) in [7, 11) is 0. The first kappa shape index (κ1) is 13.9. The molecule has 0 amide bonds. The minimum absolute atomic E-state index is 0.0906. The first-order valence-corrected chi connectivity index (χ1v) is 5.14. The first-order valence-electron chi connectivity index (χ1n) is 5.14. The third kappa shape index (κ3) is 5.37. The molecular formula is C12H20O3. The molecule has 0 aliphatic carbocycles. The summed E-state index contributed by atoms with van der Waals surface area (Å²) in [6.45, 7) is 10.6. The predicted molar refractivity (Wildman–Crippen MR) is 60.4 cm³/mol. The molecule has 0 heterocycles. The van der Waals surface area contributed by atoms with Gasteiger partial charge in [-0.1, -0.05) is 19.1 Å². The molecular weight excluding hydrogens is 192 g/mol. The fourth-order valence-electron chi connectivity index (χ4n) is 1.12. The van der Waals surface area contributed by atoms with Crippen molar-refractivity contribution in [3.8, 4) is 0 Å². The molecule has 3 heteroatoms. The van der Waals surface area contributed by atoms with E-state index in [1.807, 2.05) is 6.92 Å². The van der Waals surface area contributed by atoms with Crippen molar-refractivity contribution in [3.05, 3.63) is 25.3 Å². The van der Waals surface area contributed by atoms with Gasteiger partial charge in [0.15, 0.2) is 0 Å². The van der Waals surface area contributed by atoms with Crippen molar-refractivity contribution < 1.29 is 14.6 Å². The second kappa shape index (κ2) is 7.23. The molecule has 0 bridgehead atoms. The molecule has 0 saturated carbocycles. The quantitative estimate of drug-likeness (QED) is 0.519. The van der Waals surface area contributed by atoms with E-state index in [0.29, 0.717) is 12.8 Å². The van der Waals surface area contributed by atoms with E-state index in [-0.39, 0.29) is 11.9 Å². The van der Waals surface area contributed by atoms with Gasteiger partial charge in [0, 0.05) is 12.3 Å². The summed E-state index contributed by atoms with van der Waals surface area (Å²) in [4.78, 5) is 11.2. The van der Waals surface area contributed by atoms with Gasteiger partial charge in [-0.15, -0.1) is 13.2 Å². The number of ether oxygens (including phenoxy) is 1. The van der Waals surface area contributed by atoms with Crippen LogP contribution < -0.4 is 0 Å². The van der Waals surface area contributed by atoms with Gasteiger partial charge < -0.3 is 9.84 Å². The number of aliphatic hydroxyl groups excluding tert-OH is 1. The highest BCUT2D eigenvalue weighted by atomic mass is 16.6. The molecule has 0 rings (SSSR count). The number of carbonyl (C=O) groups is 1. The Balaban J connectivity index is 4.00. The lowest BCUT2D eigenvalue weighted by atomic mass is 10.0. The van der Waals surface area contributed by atoms with E-state index >= 15 is 0 Å². The molecule has 0 radical (unpaired) electrons. The average Bonchev–Trinajstić information content (AvgIpc) is 2.23. The summed E-state index contributed by atoms with van der Waals surface area (Å²) in [6.07, 6.45) is 3.00. The Morgan fingerprint density at radius 3 is 2.53 bits per heavy atom. The molecule has 0 saturated heterocycles. The highest BCUT2D eigenvalue weighted by Gasteiger charge is 2.21. The number of esters is 1. The maximum Gasteiger partial charge on any atom is 0.306 e. The number of hydrogen-bond donors (Lipinski definition) is 1. The van der Waals surface area contributed by atoms with Gasteiger partial charge in [0.2, 0.25) is 0 Å². The van der Waals surface area contributed by atoms with Crippen LogP contribution in [0.25, 0.3) is 0 Å². The molecule has 1 N–H and O–H groups in total. The monoisotopic (exact) mass is 212 g/mol. The van der Waals surface area contributed by atoms with Crippen LogP contribution in [0, 0.1) is 5.92 Å². The van der Waals surface area contributed by atoms with Crippen LogP contribution >= 0.6 is 0 Å². The maximum atomic E-state index is 11.2. The predicted octanol–water partition coefficient (Wildman–Crippen LogP) is 2.07. The minimum Gasteiger partial charge on any atom is -0.460 e. The van der Waals surface area contributed by atoms with Crippen molar-refractivity contribution in [2.24, 2.45) is 5.92 Å². The molecule has 0 aromatic heterocycles. The highest BCUT2D eigenvalue weighted by molar-refractivity contribution is 5.69. The number of carbonyl (C=O) groups excluding carboxylic acids is 1. The molecule has 3 atom stereocenters. The summed E-state index contributed by atoms with van der Waals surface area (Å²) in [5.41, 5.74) is 0. The zero-order valence-corrected chi connectivity index (χ0v) is 9.48. The maximum absolute atomic E-state index is 11.2. The van der Waals surface area contributed by atoms with Crippen LogP contribution in [0.5, 0.6) is 0 Å². The fourth-order valence-corrected chi connectivity index (χ4v) is 1.12. The van der Waals surface area contributed by atoms with Crippen molar-refractivity contribution in [3.63, 3.8) is 0 Å². The average molecular weight is 212 g/mol. The third-order valence-corrected chi connectivity index (χ3v) is 2.26. The topological polar surface area (TPSA) is 46.5 Å². The van der Waals surface area contributed by atoms with Gasteiger partial charge >= 0.3 is 5.97 Å². The standard InChI is InChI=1S/C12H20O3/c1-5-7-8-11(13)15-10(4)12(14)9(3)6-2/h5-6,9-10,12,14H,1-2,7-8H2,3-4H3/t9-,10-,12+/m0/s1. The molecule has 0 fully saturated rings. The van der Waals surface area contributed by atoms with Gasteiger partial charge in [-0.3, -0.25) is 4.79 Å². The molecule has 0 aliphatic heterocycles.